The molecule has 0 aromatic heterocycles. The highest BCUT2D eigenvalue weighted by Gasteiger charge is 2.32. The molecule has 1 nitrogen and oxygen atoms in total. The molecule has 0 bridgehead atoms. The quantitative estimate of drug-likeness (QED) is 0.605. The minimum Gasteiger partial charge on any atom is -0.302 e. The van der Waals surface area contributed by atoms with Crippen molar-refractivity contribution in [3.63, 3.8) is 0 Å². The highest BCUT2D eigenvalue weighted by molar-refractivity contribution is 4.85. The summed E-state index contributed by atoms with van der Waals surface area (Å²) in [6.45, 7) is 14.6. The SMILES string of the molecule is C=CCCN1CCC(C)C(C)(C)C1. The van der Waals surface area contributed by atoms with E-state index in [-0.39, 0.29) is 0 Å². The van der Waals surface area contributed by atoms with Gasteiger partial charge in [-0.25, -0.2) is 0 Å². The summed E-state index contributed by atoms with van der Waals surface area (Å²) in [4.78, 5) is 2.57. The molecule has 1 heterocycles. The molecule has 1 rings (SSSR count). The highest BCUT2D eigenvalue weighted by atomic mass is 15.1. The van der Waals surface area contributed by atoms with Gasteiger partial charge >= 0.3 is 0 Å². The summed E-state index contributed by atoms with van der Waals surface area (Å²) in [5.74, 6) is 0.868. The maximum absolute atomic E-state index is 3.77. The van der Waals surface area contributed by atoms with E-state index in [0.29, 0.717) is 5.41 Å². The first kappa shape index (κ1) is 10.8. The average Bonchev–Trinajstić information content (AvgIpc) is 2.07. The summed E-state index contributed by atoms with van der Waals surface area (Å²) in [6.07, 6.45) is 4.50. The molecule has 0 amide bonds. The van der Waals surface area contributed by atoms with E-state index in [0.717, 1.165) is 12.3 Å². The molecule has 1 aliphatic rings. The molecule has 0 saturated carbocycles. The van der Waals surface area contributed by atoms with Crippen LogP contribution in [-0.4, -0.2) is 24.5 Å². The van der Waals surface area contributed by atoms with Gasteiger partial charge in [-0.3, -0.25) is 0 Å². The first-order valence-corrected chi connectivity index (χ1v) is 5.39. The Bertz CT molecular complexity index is 172. The third-order valence-corrected chi connectivity index (χ3v) is 3.49. The van der Waals surface area contributed by atoms with Crippen LogP contribution in [0.3, 0.4) is 0 Å². The molecule has 76 valence electrons. The van der Waals surface area contributed by atoms with Crippen molar-refractivity contribution in [1.82, 2.24) is 4.90 Å². The molecule has 1 atom stereocenters. The number of likely N-dealkylation sites (tertiary alicyclic amines) is 1. The normalized spacial score (nSPS) is 28.7. The van der Waals surface area contributed by atoms with Crippen LogP contribution in [0.4, 0.5) is 0 Å². The zero-order valence-corrected chi connectivity index (χ0v) is 9.34. The predicted molar refractivity (Wildman–Crippen MR) is 58.8 cm³/mol. The Balaban J connectivity index is 2.41. The van der Waals surface area contributed by atoms with Gasteiger partial charge in [-0.15, -0.1) is 6.58 Å². The van der Waals surface area contributed by atoms with Gasteiger partial charge in [-0.05, 0) is 30.7 Å². The molecule has 13 heavy (non-hydrogen) atoms. The van der Waals surface area contributed by atoms with E-state index < -0.39 is 0 Å². The topological polar surface area (TPSA) is 3.24 Å². The molecule has 0 aromatic carbocycles. The van der Waals surface area contributed by atoms with Crippen molar-refractivity contribution in [2.45, 2.75) is 33.6 Å². The van der Waals surface area contributed by atoms with Crippen molar-refractivity contribution in [3.8, 4) is 0 Å². The summed E-state index contributed by atoms with van der Waals surface area (Å²) < 4.78 is 0. The fraction of sp³-hybridized carbons (Fsp3) is 0.833. The molecule has 0 aromatic rings. The van der Waals surface area contributed by atoms with Gasteiger partial charge in [0.15, 0.2) is 0 Å². The van der Waals surface area contributed by atoms with Gasteiger partial charge < -0.3 is 4.90 Å². The summed E-state index contributed by atoms with van der Waals surface area (Å²) in [5, 5.41) is 0. The van der Waals surface area contributed by atoms with E-state index in [4.69, 9.17) is 0 Å². The summed E-state index contributed by atoms with van der Waals surface area (Å²) in [7, 11) is 0. The zero-order valence-electron chi connectivity index (χ0n) is 9.34. The number of rotatable bonds is 3. The van der Waals surface area contributed by atoms with Gasteiger partial charge in [0, 0.05) is 13.1 Å². The van der Waals surface area contributed by atoms with Gasteiger partial charge in [0.25, 0.3) is 0 Å². The second-order valence-corrected chi connectivity index (χ2v) is 5.03. The second kappa shape index (κ2) is 4.28. The molecule has 1 saturated heterocycles. The average molecular weight is 181 g/mol. The van der Waals surface area contributed by atoms with Crippen molar-refractivity contribution >= 4 is 0 Å². The Kier molecular flexibility index (Phi) is 3.55. The van der Waals surface area contributed by atoms with Crippen molar-refractivity contribution in [2.24, 2.45) is 11.3 Å². The van der Waals surface area contributed by atoms with Gasteiger partial charge in [0.2, 0.25) is 0 Å². The van der Waals surface area contributed by atoms with Crippen LogP contribution in [0.5, 0.6) is 0 Å². The summed E-state index contributed by atoms with van der Waals surface area (Å²) >= 11 is 0. The van der Waals surface area contributed by atoms with Gasteiger partial charge in [0.05, 0.1) is 0 Å². The molecule has 0 radical (unpaired) electrons. The molecular weight excluding hydrogens is 158 g/mol. The Morgan fingerprint density at radius 2 is 2.23 bits per heavy atom. The minimum absolute atomic E-state index is 0.499. The lowest BCUT2D eigenvalue weighted by atomic mass is 9.75. The van der Waals surface area contributed by atoms with Crippen LogP contribution in [0, 0.1) is 11.3 Å². The first-order chi connectivity index (χ1) is 6.06. The predicted octanol–water partition coefficient (Wildman–Crippen LogP) is 2.93. The monoisotopic (exact) mass is 181 g/mol. The maximum Gasteiger partial charge on any atom is 0.00354 e. The van der Waals surface area contributed by atoms with Crippen molar-refractivity contribution in [3.05, 3.63) is 12.7 Å². The van der Waals surface area contributed by atoms with E-state index in [1.54, 1.807) is 0 Å². The number of hydrogen-bond donors (Lipinski definition) is 0. The molecule has 0 spiro atoms. The Morgan fingerprint density at radius 3 is 2.77 bits per heavy atom. The maximum atomic E-state index is 3.77. The molecule has 1 unspecified atom stereocenters. The lowest BCUT2D eigenvalue weighted by Crippen LogP contribution is -2.44. The standard InChI is InChI=1S/C12H23N/c1-5-6-8-13-9-7-11(2)12(3,4)10-13/h5,11H,1,6-10H2,2-4H3. The van der Waals surface area contributed by atoms with E-state index in [9.17, 15) is 0 Å². The Morgan fingerprint density at radius 1 is 1.54 bits per heavy atom. The third-order valence-electron chi connectivity index (χ3n) is 3.49. The van der Waals surface area contributed by atoms with Crippen LogP contribution in [0.15, 0.2) is 12.7 Å². The Hall–Kier alpha value is -0.300. The smallest absolute Gasteiger partial charge is 0.00354 e. The van der Waals surface area contributed by atoms with E-state index in [2.05, 4.69) is 32.3 Å². The van der Waals surface area contributed by atoms with E-state index in [1.807, 2.05) is 6.08 Å². The zero-order chi connectivity index (χ0) is 9.90. The lowest BCUT2D eigenvalue weighted by Gasteiger charge is -2.42. The number of nitrogens with zero attached hydrogens (tertiary/aromatic N) is 1. The van der Waals surface area contributed by atoms with Crippen LogP contribution in [0.2, 0.25) is 0 Å². The molecule has 1 aliphatic heterocycles. The van der Waals surface area contributed by atoms with E-state index in [1.165, 1.54) is 26.1 Å². The van der Waals surface area contributed by atoms with Crippen LogP contribution >= 0.6 is 0 Å². The van der Waals surface area contributed by atoms with Gasteiger partial charge in [-0.2, -0.15) is 0 Å². The van der Waals surface area contributed by atoms with E-state index >= 15 is 0 Å². The number of piperidine rings is 1. The highest BCUT2D eigenvalue weighted by Crippen LogP contribution is 2.34. The molecular formula is C12H23N. The van der Waals surface area contributed by atoms with Crippen LogP contribution < -0.4 is 0 Å². The fourth-order valence-electron chi connectivity index (χ4n) is 2.04. The number of hydrogen-bond acceptors (Lipinski definition) is 1. The molecule has 0 N–H and O–H groups in total. The molecule has 1 heteroatoms. The summed E-state index contributed by atoms with van der Waals surface area (Å²) in [6, 6.07) is 0. The van der Waals surface area contributed by atoms with Crippen LogP contribution in [-0.2, 0) is 0 Å². The molecule has 1 fully saturated rings. The van der Waals surface area contributed by atoms with Crippen LogP contribution in [0.25, 0.3) is 0 Å². The fourth-order valence-corrected chi connectivity index (χ4v) is 2.04. The van der Waals surface area contributed by atoms with Crippen LogP contribution in [0.1, 0.15) is 33.6 Å². The molecule has 0 aliphatic carbocycles. The minimum atomic E-state index is 0.499. The van der Waals surface area contributed by atoms with Crippen molar-refractivity contribution < 1.29 is 0 Å². The van der Waals surface area contributed by atoms with Crippen molar-refractivity contribution in [1.29, 1.82) is 0 Å². The second-order valence-electron chi connectivity index (χ2n) is 5.03. The van der Waals surface area contributed by atoms with Gasteiger partial charge in [-0.1, -0.05) is 26.8 Å². The Labute approximate surface area is 82.8 Å². The summed E-state index contributed by atoms with van der Waals surface area (Å²) in [5.41, 5.74) is 0.499. The van der Waals surface area contributed by atoms with Gasteiger partial charge in [0.1, 0.15) is 0 Å². The lowest BCUT2D eigenvalue weighted by molar-refractivity contribution is 0.0662. The largest absolute Gasteiger partial charge is 0.302 e. The third kappa shape index (κ3) is 2.84. The van der Waals surface area contributed by atoms with Crippen molar-refractivity contribution in [2.75, 3.05) is 19.6 Å². The first-order valence-electron chi connectivity index (χ1n) is 5.39.